The number of anilines is 3. The van der Waals surface area contributed by atoms with Crippen LogP contribution in [0.1, 0.15) is 32.6 Å². The number of carbonyl (C=O) groups is 2. The number of rotatable bonds is 12. The second kappa shape index (κ2) is 18.3. The van der Waals surface area contributed by atoms with Crippen LogP contribution in [0.25, 0.3) is 11.3 Å². The largest absolute Gasteiger partial charge is 0.497 e. The number of hydrogen-bond acceptors (Lipinski definition) is 12. The van der Waals surface area contributed by atoms with Crippen molar-refractivity contribution in [2.75, 3.05) is 102 Å². The van der Waals surface area contributed by atoms with Gasteiger partial charge < -0.3 is 38.7 Å². The van der Waals surface area contributed by atoms with Crippen LogP contribution in [0.3, 0.4) is 0 Å². The molecule has 5 heterocycles. The molecule has 3 amide bonds. The third-order valence-corrected chi connectivity index (χ3v) is 11.3. The van der Waals surface area contributed by atoms with Crippen LogP contribution in [-0.2, 0) is 30.8 Å². The Morgan fingerprint density at radius 1 is 0.717 bits per heavy atom. The SMILES string of the molecule is COc1ccc(CN(Cc2ccc(OC)cc2)c2ncc(-c3nc(N4CCOCC4)nc4c3CCN4C(=O)N(C)Cc3ccc(C(=O)N4CCN(C)CC4)cc3)cn2)cc1. The molecule has 60 heavy (non-hydrogen) atoms. The molecule has 3 aliphatic heterocycles. The van der Waals surface area contributed by atoms with Crippen molar-refractivity contribution in [3.8, 4) is 22.8 Å². The van der Waals surface area contributed by atoms with Gasteiger partial charge in [0.15, 0.2) is 0 Å². The Hall–Kier alpha value is -6.32. The average molecular weight is 813 g/mol. The molecule has 0 bridgehead atoms. The molecular weight excluding hydrogens is 761 g/mol. The first-order chi connectivity index (χ1) is 29.3. The molecule has 3 aliphatic rings. The van der Waals surface area contributed by atoms with E-state index >= 15 is 0 Å². The highest BCUT2D eigenvalue weighted by atomic mass is 16.5. The molecule has 0 spiro atoms. The Morgan fingerprint density at radius 2 is 1.28 bits per heavy atom. The molecule has 2 aromatic heterocycles. The lowest BCUT2D eigenvalue weighted by Gasteiger charge is -2.32. The number of methoxy groups -OCH3 is 2. The molecule has 0 unspecified atom stereocenters. The Morgan fingerprint density at radius 3 is 1.87 bits per heavy atom. The second-order valence-corrected chi connectivity index (χ2v) is 15.4. The van der Waals surface area contributed by atoms with Crippen molar-refractivity contribution in [1.82, 2.24) is 34.6 Å². The number of likely N-dealkylation sites (N-methyl/N-ethyl adjacent to an activating group) is 1. The van der Waals surface area contributed by atoms with E-state index in [2.05, 4.69) is 21.7 Å². The molecule has 5 aromatic rings. The summed E-state index contributed by atoms with van der Waals surface area (Å²) in [6, 6.07) is 23.4. The lowest BCUT2D eigenvalue weighted by molar-refractivity contribution is 0.0664. The minimum absolute atomic E-state index is 0.0406. The van der Waals surface area contributed by atoms with Crippen LogP contribution >= 0.6 is 0 Å². The van der Waals surface area contributed by atoms with Crippen LogP contribution in [0, 0.1) is 0 Å². The van der Waals surface area contributed by atoms with Crippen LogP contribution in [-0.4, -0.2) is 134 Å². The second-order valence-electron chi connectivity index (χ2n) is 15.4. The summed E-state index contributed by atoms with van der Waals surface area (Å²) in [4.78, 5) is 59.1. The van der Waals surface area contributed by atoms with Crippen molar-refractivity contribution in [3.63, 3.8) is 0 Å². The van der Waals surface area contributed by atoms with Gasteiger partial charge in [0.2, 0.25) is 11.9 Å². The average Bonchev–Trinajstić information content (AvgIpc) is 3.73. The Labute approximate surface area is 351 Å². The van der Waals surface area contributed by atoms with Crippen molar-refractivity contribution in [2.24, 2.45) is 0 Å². The maximum Gasteiger partial charge on any atom is 0.325 e. The molecule has 8 rings (SSSR count). The van der Waals surface area contributed by atoms with Gasteiger partial charge in [0.05, 0.1) is 33.1 Å². The summed E-state index contributed by atoms with van der Waals surface area (Å²) in [5.74, 6) is 3.33. The summed E-state index contributed by atoms with van der Waals surface area (Å²) in [5.41, 5.74) is 6.10. The molecule has 2 saturated heterocycles. The number of carbonyl (C=O) groups excluding carboxylic acids is 2. The van der Waals surface area contributed by atoms with Crippen molar-refractivity contribution in [1.29, 1.82) is 0 Å². The zero-order chi connectivity index (χ0) is 41.6. The number of amides is 3. The van der Waals surface area contributed by atoms with E-state index in [-0.39, 0.29) is 11.9 Å². The number of nitrogens with zero attached hydrogens (tertiary/aromatic N) is 10. The Balaban J connectivity index is 1.04. The van der Waals surface area contributed by atoms with Gasteiger partial charge in [-0.1, -0.05) is 36.4 Å². The first kappa shape index (κ1) is 40.5. The Bertz CT molecular complexity index is 2190. The third-order valence-electron chi connectivity index (χ3n) is 11.3. The predicted octanol–water partition coefficient (Wildman–Crippen LogP) is 5.00. The lowest BCUT2D eigenvalue weighted by atomic mass is 10.1. The van der Waals surface area contributed by atoms with Gasteiger partial charge in [-0.3, -0.25) is 9.69 Å². The summed E-state index contributed by atoms with van der Waals surface area (Å²) in [5, 5.41) is 0. The summed E-state index contributed by atoms with van der Waals surface area (Å²) < 4.78 is 16.4. The van der Waals surface area contributed by atoms with Crippen molar-refractivity contribution < 1.29 is 23.8 Å². The van der Waals surface area contributed by atoms with Gasteiger partial charge in [0.25, 0.3) is 5.91 Å². The van der Waals surface area contributed by atoms with Crippen molar-refractivity contribution in [3.05, 3.63) is 113 Å². The fraction of sp³-hybridized carbons (Fsp3) is 0.378. The standard InChI is InChI=1S/C45H52N10O5/c1-50-19-21-52(22-20-50)42(56)35-11-5-32(6-12-35)29-51(2)45(57)55-18-17-39-40(48-44(49-41(39)55)53-23-25-60-26-24-53)36-27-46-43(47-28-36)54(30-33-7-13-37(58-3)14-8-33)31-34-9-15-38(59-4)16-10-34/h5-16,27-28H,17-26,29-31H2,1-4H3. The summed E-state index contributed by atoms with van der Waals surface area (Å²) in [6.45, 7) is 7.57. The molecule has 0 N–H and O–H groups in total. The maximum atomic E-state index is 14.2. The van der Waals surface area contributed by atoms with Gasteiger partial charge in [-0.25, -0.2) is 19.7 Å². The van der Waals surface area contributed by atoms with Crippen LogP contribution in [0.4, 0.5) is 22.5 Å². The fourth-order valence-corrected chi connectivity index (χ4v) is 7.77. The fourth-order valence-electron chi connectivity index (χ4n) is 7.77. The van der Waals surface area contributed by atoms with E-state index in [1.54, 1.807) is 31.1 Å². The molecule has 15 heteroatoms. The number of aromatic nitrogens is 4. The van der Waals surface area contributed by atoms with Gasteiger partial charge in [-0.15, -0.1) is 0 Å². The number of urea groups is 1. The van der Waals surface area contributed by atoms with Gasteiger partial charge in [-0.2, -0.15) is 4.98 Å². The summed E-state index contributed by atoms with van der Waals surface area (Å²) >= 11 is 0. The molecule has 15 nitrogen and oxygen atoms in total. The molecule has 0 saturated carbocycles. The molecule has 2 fully saturated rings. The minimum Gasteiger partial charge on any atom is -0.497 e. The quantitative estimate of drug-likeness (QED) is 0.168. The van der Waals surface area contributed by atoms with Crippen LogP contribution < -0.4 is 24.2 Å². The normalized spacial score (nSPS) is 15.4. The maximum absolute atomic E-state index is 14.2. The van der Waals surface area contributed by atoms with E-state index in [0.29, 0.717) is 87.9 Å². The van der Waals surface area contributed by atoms with E-state index in [9.17, 15) is 9.59 Å². The summed E-state index contributed by atoms with van der Waals surface area (Å²) in [7, 11) is 7.19. The number of hydrogen-bond donors (Lipinski definition) is 0. The van der Waals surface area contributed by atoms with Crippen molar-refractivity contribution >= 4 is 29.7 Å². The molecule has 3 aromatic carbocycles. The van der Waals surface area contributed by atoms with Crippen LogP contribution in [0.5, 0.6) is 11.5 Å². The minimum atomic E-state index is -0.164. The third kappa shape index (κ3) is 9.11. The van der Waals surface area contributed by atoms with Crippen LogP contribution in [0.15, 0.2) is 85.2 Å². The number of fused-ring (bicyclic) bond motifs is 1. The van der Waals surface area contributed by atoms with E-state index < -0.39 is 0 Å². The predicted molar refractivity (Wildman–Crippen MR) is 230 cm³/mol. The highest BCUT2D eigenvalue weighted by Gasteiger charge is 2.33. The zero-order valence-electron chi connectivity index (χ0n) is 34.8. The van der Waals surface area contributed by atoms with Gasteiger partial charge in [0, 0.05) is 102 Å². The Kier molecular flexibility index (Phi) is 12.3. The summed E-state index contributed by atoms with van der Waals surface area (Å²) in [6.07, 6.45) is 4.22. The van der Waals surface area contributed by atoms with Gasteiger partial charge in [0.1, 0.15) is 17.3 Å². The highest BCUT2D eigenvalue weighted by Crippen LogP contribution is 2.36. The lowest BCUT2D eigenvalue weighted by Crippen LogP contribution is -2.47. The van der Waals surface area contributed by atoms with Gasteiger partial charge in [-0.05, 0) is 66.6 Å². The molecule has 0 aliphatic carbocycles. The molecular formula is C45H52N10O5. The number of benzene rings is 3. The smallest absolute Gasteiger partial charge is 0.325 e. The van der Waals surface area contributed by atoms with E-state index in [4.69, 9.17) is 34.1 Å². The van der Waals surface area contributed by atoms with E-state index in [1.165, 1.54) is 0 Å². The van der Waals surface area contributed by atoms with E-state index in [1.807, 2.05) is 90.1 Å². The molecule has 312 valence electrons. The monoisotopic (exact) mass is 812 g/mol. The van der Waals surface area contributed by atoms with Crippen LogP contribution in [0.2, 0.25) is 0 Å². The molecule has 0 atom stereocenters. The zero-order valence-corrected chi connectivity index (χ0v) is 34.8. The molecule has 0 radical (unpaired) electrons. The number of morpholine rings is 1. The number of piperazine rings is 1. The topological polar surface area (TPSA) is 133 Å². The number of ether oxygens (including phenoxy) is 3. The van der Waals surface area contributed by atoms with Crippen molar-refractivity contribution in [2.45, 2.75) is 26.1 Å². The first-order valence-corrected chi connectivity index (χ1v) is 20.4. The van der Waals surface area contributed by atoms with Gasteiger partial charge >= 0.3 is 6.03 Å². The highest BCUT2D eigenvalue weighted by molar-refractivity contribution is 5.95. The first-order valence-electron chi connectivity index (χ1n) is 20.4. The van der Waals surface area contributed by atoms with E-state index in [0.717, 1.165) is 65.5 Å².